The van der Waals surface area contributed by atoms with Crippen molar-refractivity contribution < 1.29 is 28.8 Å². The first-order chi connectivity index (χ1) is 18.0. The van der Waals surface area contributed by atoms with Gasteiger partial charge in [0.1, 0.15) is 16.7 Å². The van der Waals surface area contributed by atoms with Gasteiger partial charge in [0.2, 0.25) is 11.2 Å². The zero-order valence-corrected chi connectivity index (χ0v) is 19.8. The van der Waals surface area contributed by atoms with Crippen molar-refractivity contribution in [2.24, 2.45) is 0 Å². The van der Waals surface area contributed by atoms with Crippen LogP contribution in [0.15, 0.2) is 100 Å². The highest BCUT2D eigenvalue weighted by Gasteiger charge is 2.45. The molecule has 2 N–H and O–H groups in total. The lowest BCUT2D eigenvalue weighted by Crippen LogP contribution is -2.36. The summed E-state index contributed by atoms with van der Waals surface area (Å²) in [4.78, 5) is 13.0. The van der Waals surface area contributed by atoms with E-state index in [1.54, 1.807) is 24.3 Å². The fourth-order valence-electron chi connectivity index (χ4n) is 4.65. The van der Waals surface area contributed by atoms with Crippen molar-refractivity contribution >= 4 is 11.0 Å². The summed E-state index contributed by atoms with van der Waals surface area (Å²) in [6.45, 7) is 0.217. The monoisotopic (exact) mass is 494 g/mol. The first kappa shape index (κ1) is 22.7. The molecular formula is C30H22O7. The zero-order chi connectivity index (χ0) is 25.6. The number of phenols is 1. The van der Waals surface area contributed by atoms with Crippen LogP contribution in [-0.4, -0.2) is 17.3 Å². The molecule has 0 saturated carbocycles. The van der Waals surface area contributed by atoms with Gasteiger partial charge in [-0.05, 0) is 35.9 Å². The second-order valence-electron chi connectivity index (χ2n) is 8.74. The van der Waals surface area contributed by atoms with Crippen molar-refractivity contribution in [3.8, 4) is 34.3 Å². The number of aromatic hydroxyl groups is 2. The first-order valence-electron chi connectivity index (χ1n) is 11.6. The van der Waals surface area contributed by atoms with E-state index in [0.29, 0.717) is 22.6 Å². The van der Waals surface area contributed by atoms with Crippen LogP contribution in [0.25, 0.3) is 22.3 Å². The third-order valence-corrected chi connectivity index (χ3v) is 6.34. The number of ether oxygens (including phenoxy) is 3. The summed E-state index contributed by atoms with van der Waals surface area (Å²) in [6, 6.07) is 27.3. The Morgan fingerprint density at radius 1 is 0.811 bits per heavy atom. The van der Waals surface area contributed by atoms with Gasteiger partial charge in [0.05, 0.1) is 6.61 Å². The van der Waals surface area contributed by atoms with Crippen LogP contribution in [0.1, 0.15) is 16.7 Å². The van der Waals surface area contributed by atoms with Crippen LogP contribution < -0.4 is 14.9 Å². The molecule has 0 saturated heterocycles. The molecule has 0 amide bonds. The first-order valence-corrected chi connectivity index (χ1v) is 11.6. The minimum absolute atomic E-state index is 0.0465. The Morgan fingerprint density at radius 3 is 2.11 bits per heavy atom. The van der Waals surface area contributed by atoms with E-state index in [-0.39, 0.29) is 29.1 Å². The summed E-state index contributed by atoms with van der Waals surface area (Å²) in [6.07, 6.45) is 0. The summed E-state index contributed by atoms with van der Waals surface area (Å²) in [7, 11) is 1.53. The number of benzene rings is 4. The predicted octanol–water partition coefficient (Wildman–Crippen LogP) is 5.69. The zero-order valence-electron chi connectivity index (χ0n) is 19.8. The quantitative estimate of drug-likeness (QED) is 0.324. The number of phenolic OH excluding ortho intramolecular Hbond substituents is 1. The Labute approximate surface area is 211 Å². The molecule has 1 aliphatic heterocycles. The lowest BCUT2D eigenvalue weighted by Gasteiger charge is -2.28. The van der Waals surface area contributed by atoms with Crippen LogP contribution in [0, 0.1) is 0 Å². The molecule has 7 heteroatoms. The van der Waals surface area contributed by atoms with Crippen LogP contribution in [0.4, 0.5) is 0 Å². The molecule has 0 radical (unpaired) electrons. The molecular weight excluding hydrogens is 472 g/mol. The Bertz CT molecular complexity index is 1630. The van der Waals surface area contributed by atoms with E-state index >= 15 is 0 Å². The van der Waals surface area contributed by atoms with Gasteiger partial charge in [-0.15, -0.1) is 0 Å². The largest absolute Gasteiger partial charge is 0.507 e. The topological polar surface area (TPSA) is 98.4 Å². The lowest BCUT2D eigenvalue weighted by molar-refractivity contribution is -0.0459. The molecule has 0 spiro atoms. The van der Waals surface area contributed by atoms with Gasteiger partial charge in [-0.1, -0.05) is 60.7 Å². The van der Waals surface area contributed by atoms with E-state index in [1.807, 2.05) is 60.7 Å². The molecule has 0 aliphatic carbocycles. The van der Waals surface area contributed by atoms with Gasteiger partial charge >= 0.3 is 5.79 Å². The van der Waals surface area contributed by atoms with Gasteiger partial charge in [-0.2, -0.15) is 0 Å². The van der Waals surface area contributed by atoms with Crippen molar-refractivity contribution in [2.45, 2.75) is 12.4 Å². The standard InChI is InChI=1S/C30H22O7/c1-34-17-18-14-22(31)26-25(15-18)35-29(28(33)27(26)32)19-12-13-23-24(16-19)37-30(36-23,20-8-4-2-5-9-20)21-10-6-3-7-11-21/h2-16,31,33H,17H2,1H3. The van der Waals surface area contributed by atoms with E-state index in [2.05, 4.69) is 0 Å². The molecule has 0 atom stereocenters. The van der Waals surface area contributed by atoms with Crippen molar-refractivity contribution in [1.29, 1.82) is 0 Å². The minimum atomic E-state index is -1.21. The summed E-state index contributed by atoms with van der Waals surface area (Å²) in [5, 5.41) is 21.0. The molecule has 0 bridgehead atoms. The maximum absolute atomic E-state index is 13.0. The molecule has 1 aliphatic rings. The summed E-state index contributed by atoms with van der Waals surface area (Å²) < 4.78 is 24.0. The highest BCUT2D eigenvalue weighted by molar-refractivity contribution is 5.87. The maximum atomic E-state index is 13.0. The van der Waals surface area contributed by atoms with Crippen LogP contribution in [0.2, 0.25) is 0 Å². The van der Waals surface area contributed by atoms with E-state index in [1.165, 1.54) is 13.2 Å². The number of rotatable bonds is 5. The van der Waals surface area contributed by atoms with Gasteiger partial charge < -0.3 is 28.8 Å². The minimum Gasteiger partial charge on any atom is -0.507 e. The van der Waals surface area contributed by atoms with Crippen LogP contribution in [0.5, 0.6) is 23.0 Å². The maximum Gasteiger partial charge on any atom is 0.305 e. The number of fused-ring (bicyclic) bond motifs is 2. The average Bonchev–Trinajstić information content (AvgIpc) is 3.32. The molecule has 2 heterocycles. The van der Waals surface area contributed by atoms with E-state index in [0.717, 1.165) is 11.1 Å². The summed E-state index contributed by atoms with van der Waals surface area (Å²) in [5.74, 6) is -1.24. The number of methoxy groups -OCH3 is 1. The number of hydrogen-bond acceptors (Lipinski definition) is 7. The van der Waals surface area contributed by atoms with Crippen LogP contribution in [-0.2, 0) is 17.1 Å². The molecule has 7 nitrogen and oxygen atoms in total. The van der Waals surface area contributed by atoms with E-state index in [9.17, 15) is 15.0 Å². The fraction of sp³-hybridized carbons (Fsp3) is 0.100. The molecule has 0 fully saturated rings. The van der Waals surface area contributed by atoms with Crippen LogP contribution in [0.3, 0.4) is 0 Å². The fourth-order valence-corrected chi connectivity index (χ4v) is 4.65. The third kappa shape index (κ3) is 3.68. The van der Waals surface area contributed by atoms with Gasteiger partial charge in [0.25, 0.3) is 0 Å². The lowest BCUT2D eigenvalue weighted by atomic mass is 9.97. The Morgan fingerprint density at radius 2 is 1.46 bits per heavy atom. The normalized spacial score (nSPS) is 13.6. The molecule has 5 aromatic rings. The van der Waals surface area contributed by atoms with Crippen molar-refractivity contribution in [3.63, 3.8) is 0 Å². The van der Waals surface area contributed by atoms with Gasteiger partial charge in [-0.25, -0.2) is 0 Å². The van der Waals surface area contributed by atoms with Gasteiger partial charge in [-0.3, -0.25) is 4.79 Å². The van der Waals surface area contributed by atoms with E-state index < -0.39 is 17.0 Å². The van der Waals surface area contributed by atoms with Crippen molar-refractivity contribution in [3.05, 3.63) is 118 Å². The van der Waals surface area contributed by atoms with Gasteiger partial charge in [0, 0.05) is 23.8 Å². The Hall–Kier alpha value is -4.75. The second kappa shape index (κ2) is 8.72. The molecule has 6 rings (SSSR count). The van der Waals surface area contributed by atoms with Crippen molar-refractivity contribution in [1.82, 2.24) is 0 Å². The van der Waals surface area contributed by atoms with Crippen LogP contribution >= 0.6 is 0 Å². The molecule has 4 aromatic carbocycles. The highest BCUT2D eigenvalue weighted by Crippen LogP contribution is 2.49. The summed E-state index contributed by atoms with van der Waals surface area (Å²) >= 11 is 0. The number of hydrogen-bond donors (Lipinski definition) is 2. The smallest absolute Gasteiger partial charge is 0.305 e. The second-order valence-corrected chi connectivity index (χ2v) is 8.74. The molecule has 0 unspecified atom stereocenters. The SMILES string of the molecule is COCc1cc(O)c2c(=O)c(O)c(-c3ccc4c(c3)OC(c3ccccc3)(c3ccccc3)O4)oc2c1. The third-order valence-electron chi connectivity index (χ3n) is 6.34. The van der Waals surface area contributed by atoms with Crippen molar-refractivity contribution in [2.75, 3.05) is 7.11 Å². The predicted molar refractivity (Wildman–Crippen MR) is 137 cm³/mol. The molecule has 1 aromatic heterocycles. The molecule has 37 heavy (non-hydrogen) atoms. The average molecular weight is 494 g/mol. The highest BCUT2D eigenvalue weighted by atomic mass is 16.7. The summed E-state index contributed by atoms with van der Waals surface area (Å²) in [5.41, 5.74) is 2.03. The van der Waals surface area contributed by atoms with E-state index in [4.69, 9.17) is 18.6 Å². The van der Waals surface area contributed by atoms with Gasteiger partial charge in [0.15, 0.2) is 17.3 Å². The Kier molecular flexibility index (Phi) is 5.35. The Balaban J connectivity index is 1.48. The molecule has 184 valence electrons.